The lowest BCUT2D eigenvalue weighted by molar-refractivity contribution is -0.137. The molecule has 38 heavy (non-hydrogen) atoms. The van der Waals surface area contributed by atoms with Crippen LogP contribution in [0.25, 0.3) is 22.3 Å². The van der Waals surface area contributed by atoms with Gasteiger partial charge in [0.1, 0.15) is 17.4 Å². The molecule has 0 aliphatic carbocycles. The Hall–Kier alpha value is -4.39. The van der Waals surface area contributed by atoms with Gasteiger partial charge in [0.25, 0.3) is 0 Å². The van der Waals surface area contributed by atoms with Crippen LogP contribution < -0.4 is 10.6 Å². The number of carbonyl (C=O) groups is 3. The fraction of sp³-hybridized carbons (Fsp3) is 0.258. The number of carboxylic acid groups (broad SMARTS) is 1. The van der Waals surface area contributed by atoms with Gasteiger partial charge in [0.05, 0.1) is 0 Å². The van der Waals surface area contributed by atoms with E-state index in [4.69, 9.17) is 9.52 Å². The molecule has 0 spiro atoms. The van der Waals surface area contributed by atoms with E-state index in [-0.39, 0.29) is 30.4 Å². The predicted molar refractivity (Wildman–Crippen MR) is 149 cm³/mol. The number of Topliss-reactive ketones (excluding diaryl/α,β-unsaturated/α-hetero) is 1. The van der Waals surface area contributed by atoms with Crippen molar-refractivity contribution in [3.63, 3.8) is 0 Å². The van der Waals surface area contributed by atoms with Crippen molar-refractivity contribution in [3.05, 3.63) is 84.4 Å². The van der Waals surface area contributed by atoms with Crippen molar-refractivity contribution in [1.29, 1.82) is 0 Å². The minimum atomic E-state index is -0.908. The highest BCUT2D eigenvalue weighted by atomic mass is 16.4. The largest absolute Gasteiger partial charge is 0.481 e. The standard InChI is InChI=1S/C31H32N2O5/c1-20(2)18-26(32-24-14-10-21(11-15-24)27(34)7-5-9-30(35)36)31(37)33-25-16-12-22(13-17-25)29-19-23-6-3-4-8-28(23)38-29/h3-4,6,8,10-17,19-20,26,32H,5,7,9,18H2,1-2H3,(H,33,37)(H,35,36)/t26-/m1/s1. The zero-order valence-corrected chi connectivity index (χ0v) is 21.6. The molecule has 1 heterocycles. The van der Waals surface area contributed by atoms with E-state index in [1.54, 1.807) is 24.3 Å². The van der Waals surface area contributed by atoms with Gasteiger partial charge in [-0.2, -0.15) is 0 Å². The third-order valence-corrected chi connectivity index (χ3v) is 6.23. The summed E-state index contributed by atoms with van der Waals surface area (Å²) in [6.45, 7) is 4.12. The third kappa shape index (κ3) is 7.09. The van der Waals surface area contributed by atoms with Crippen molar-refractivity contribution in [1.82, 2.24) is 0 Å². The van der Waals surface area contributed by atoms with E-state index >= 15 is 0 Å². The van der Waals surface area contributed by atoms with Crippen LogP contribution in [0.5, 0.6) is 0 Å². The second kappa shape index (κ2) is 12.2. The highest BCUT2D eigenvalue weighted by molar-refractivity contribution is 5.98. The normalized spacial score (nSPS) is 11.9. The van der Waals surface area contributed by atoms with Gasteiger partial charge in [-0.05, 0) is 79.4 Å². The van der Waals surface area contributed by atoms with Gasteiger partial charge < -0.3 is 20.2 Å². The Morgan fingerprint density at radius 1 is 0.868 bits per heavy atom. The lowest BCUT2D eigenvalue weighted by Gasteiger charge is -2.21. The fourth-order valence-corrected chi connectivity index (χ4v) is 4.27. The SMILES string of the molecule is CC(C)C[C@@H](Nc1ccc(C(=O)CCCC(=O)O)cc1)C(=O)Nc1ccc(-c2cc3ccccc3o2)cc1. The highest BCUT2D eigenvalue weighted by Gasteiger charge is 2.20. The molecule has 0 radical (unpaired) electrons. The molecule has 0 saturated heterocycles. The Bertz CT molecular complexity index is 1370. The van der Waals surface area contributed by atoms with Gasteiger partial charge in [0.15, 0.2) is 5.78 Å². The second-order valence-corrected chi connectivity index (χ2v) is 9.79. The first-order valence-corrected chi connectivity index (χ1v) is 12.8. The number of benzene rings is 3. The number of rotatable bonds is 12. The maximum absolute atomic E-state index is 13.2. The topological polar surface area (TPSA) is 109 Å². The molecule has 0 aliphatic heterocycles. The van der Waals surface area contributed by atoms with Crippen LogP contribution in [-0.2, 0) is 9.59 Å². The van der Waals surface area contributed by atoms with Crippen molar-refractivity contribution in [2.45, 2.75) is 45.6 Å². The zero-order chi connectivity index (χ0) is 27.1. The minimum absolute atomic E-state index is 0.0278. The summed E-state index contributed by atoms with van der Waals surface area (Å²) in [5.74, 6) is -0.102. The number of carboxylic acids is 1. The molecule has 0 aliphatic rings. The number of fused-ring (bicyclic) bond motifs is 1. The van der Waals surface area contributed by atoms with Crippen LogP contribution in [0.2, 0.25) is 0 Å². The maximum Gasteiger partial charge on any atom is 0.303 e. The Labute approximate surface area is 221 Å². The number of para-hydroxylation sites is 1. The Kier molecular flexibility index (Phi) is 8.58. The van der Waals surface area contributed by atoms with E-state index in [0.717, 1.165) is 28.0 Å². The van der Waals surface area contributed by atoms with Crippen LogP contribution in [-0.4, -0.2) is 28.8 Å². The minimum Gasteiger partial charge on any atom is -0.481 e. The van der Waals surface area contributed by atoms with E-state index in [1.807, 2.05) is 54.6 Å². The summed E-state index contributed by atoms with van der Waals surface area (Å²) < 4.78 is 5.93. The van der Waals surface area contributed by atoms with Crippen molar-refractivity contribution >= 4 is 40.0 Å². The van der Waals surface area contributed by atoms with E-state index in [0.29, 0.717) is 24.1 Å². The average Bonchev–Trinajstić information content (AvgIpc) is 3.33. The smallest absolute Gasteiger partial charge is 0.303 e. The van der Waals surface area contributed by atoms with Crippen LogP contribution in [0, 0.1) is 5.92 Å². The van der Waals surface area contributed by atoms with Gasteiger partial charge in [0.2, 0.25) is 5.91 Å². The van der Waals surface area contributed by atoms with E-state index in [9.17, 15) is 14.4 Å². The monoisotopic (exact) mass is 512 g/mol. The molecular weight excluding hydrogens is 480 g/mol. The second-order valence-electron chi connectivity index (χ2n) is 9.79. The number of amides is 1. The molecule has 3 aromatic carbocycles. The molecule has 7 heteroatoms. The van der Waals surface area contributed by atoms with Crippen molar-refractivity contribution in [2.24, 2.45) is 5.92 Å². The quantitative estimate of drug-likeness (QED) is 0.176. The number of anilines is 2. The number of hydrogen-bond acceptors (Lipinski definition) is 5. The molecular formula is C31H32N2O5. The Morgan fingerprint density at radius 2 is 1.55 bits per heavy atom. The number of ketones is 1. The van der Waals surface area contributed by atoms with Crippen LogP contribution in [0.1, 0.15) is 49.9 Å². The summed E-state index contributed by atoms with van der Waals surface area (Å²) in [5.41, 5.74) is 3.70. The maximum atomic E-state index is 13.2. The first-order chi connectivity index (χ1) is 18.3. The third-order valence-electron chi connectivity index (χ3n) is 6.23. The van der Waals surface area contributed by atoms with Gasteiger partial charge in [-0.3, -0.25) is 14.4 Å². The molecule has 0 saturated carbocycles. The van der Waals surface area contributed by atoms with Gasteiger partial charge in [-0.15, -0.1) is 0 Å². The van der Waals surface area contributed by atoms with E-state index < -0.39 is 12.0 Å². The average molecular weight is 513 g/mol. The molecule has 4 rings (SSSR count). The van der Waals surface area contributed by atoms with Gasteiger partial charge in [0, 0.05) is 40.7 Å². The molecule has 0 bridgehead atoms. The number of hydrogen-bond donors (Lipinski definition) is 3. The molecule has 1 atom stereocenters. The van der Waals surface area contributed by atoms with Gasteiger partial charge in [-0.25, -0.2) is 0 Å². The highest BCUT2D eigenvalue weighted by Crippen LogP contribution is 2.28. The Morgan fingerprint density at radius 3 is 2.21 bits per heavy atom. The van der Waals surface area contributed by atoms with Crippen LogP contribution in [0.3, 0.4) is 0 Å². The molecule has 0 unspecified atom stereocenters. The molecule has 1 aromatic heterocycles. The molecule has 4 aromatic rings. The number of aliphatic carboxylic acids is 1. The number of furan rings is 1. The Balaban J connectivity index is 1.39. The molecule has 3 N–H and O–H groups in total. The molecule has 196 valence electrons. The van der Waals surface area contributed by atoms with Crippen LogP contribution >= 0.6 is 0 Å². The van der Waals surface area contributed by atoms with Crippen molar-refractivity contribution in [2.75, 3.05) is 10.6 Å². The first kappa shape index (κ1) is 26.7. The lowest BCUT2D eigenvalue weighted by Crippen LogP contribution is -2.35. The summed E-state index contributed by atoms with van der Waals surface area (Å²) in [7, 11) is 0. The van der Waals surface area contributed by atoms with E-state index in [1.165, 1.54) is 0 Å². The number of carbonyl (C=O) groups excluding carboxylic acids is 2. The lowest BCUT2D eigenvalue weighted by atomic mass is 10.0. The fourth-order valence-electron chi connectivity index (χ4n) is 4.27. The first-order valence-electron chi connectivity index (χ1n) is 12.8. The predicted octanol–water partition coefficient (Wildman–Crippen LogP) is 7.00. The molecule has 1 amide bonds. The summed E-state index contributed by atoms with van der Waals surface area (Å²) in [4.78, 5) is 36.1. The summed E-state index contributed by atoms with van der Waals surface area (Å²) in [6, 6.07) is 23.9. The van der Waals surface area contributed by atoms with Crippen LogP contribution in [0.15, 0.2) is 83.3 Å². The van der Waals surface area contributed by atoms with Gasteiger partial charge >= 0.3 is 5.97 Å². The van der Waals surface area contributed by atoms with Crippen molar-refractivity contribution in [3.8, 4) is 11.3 Å². The molecule has 7 nitrogen and oxygen atoms in total. The summed E-state index contributed by atoms with van der Waals surface area (Å²) in [6.07, 6.45) is 1.09. The zero-order valence-electron chi connectivity index (χ0n) is 21.6. The number of nitrogens with one attached hydrogen (secondary N) is 2. The van der Waals surface area contributed by atoms with Crippen molar-refractivity contribution < 1.29 is 23.9 Å². The van der Waals surface area contributed by atoms with E-state index in [2.05, 4.69) is 24.5 Å². The molecule has 0 fully saturated rings. The summed E-state index contributed by atoms with van der Waals surface area (Å²) >= 11 is 0. The summed E-state index contributed by atoms with van der Waals surface area (Å²) in [5, 5.41) is 16.1. The van der Waals surface area contributed by atoms with Crippen LogP contribution in [0.4, 0.5) is 11.4 Å². The van der Waals surface area contributed by atoms with Gasteiger partial charge in [-0.1, -0.05) is 32.0 Å².